The fraction of sp³-hybridized carbons (Fsp3) is 0.214. The van der Waals surface area contributed by atoms with Gasteiger partial charge in [-0.05, 0) is 12.1 Å². The lowest BCUT2D eigenvalue weighted by Crippen LogP contribution is -2.35. The molecule has 1 amide bonds. The fourth-order valence-corrected chi connectivity index (χ4v) is 1.63. The Morgan fingerprint density at radius 2 is 2.25 bits per heavy atom. The van der Waals surface area contributed by atoms with Gasteiger partial charge in [0.1, 0.15) is 0 Å². The molecule has 1 atom stereocenters. The van der Waals surface area contributed by atoms with Gasteiger partial charge in [-0.3, -0.25) is 4.79 Å². The third-order valence-corrected chi connectivity index (χ3v) is 2.62. The number of carbonyl (C=O) groups is 1. The van der Waals surface area contributed by atoms with Crippen molar-refractivity contribution in [2.75, 3.05) is 5.32 Å². The Balaban J connectivity index is 2.25. The molecule has 3 N–H and O–H groups in total. The first kappa shape index (κ1) is 13.8. The van der Waals surface area contributed by atoms with Gasteiger partial charge in [0, 0.05) is 13.3 Å². The van der Waals surface area contributed by atoms with Crippen LogP contribution in [-0.2, 0) is 4.79 Å². The summed E-state index contributed by atoms with van der Waals surface area (Å²) in [5, 5.41) is 10.4. The average Bonchev–Trinajstić information content (AvgIpc) is 2.86. The summed E-state index contributed by atoms with van der Waals surface area (Å²) in [6.07, 6.45) is 5.32. The van der Waals surface area contributed by atoms with Crippen LogP contribution in [0.25, 0.3) is 11.5 Å². The van der Waals surface area contributed by atoms with Crippen molar-refractivity contribution >= 4 is 11.6 Å². The maximum absolute atomic E-state index is 11.9. The Bertz CT molecular complexity index is 657. The molecule has 0 saturated heterocycles. The molecule has 0 aliphatic heterocycles. The maximum Gasteiger partial charge on any atom is 0.249 e. The molecule has 0 aliphatic rings. The summed E-state index contributed by atoms with van der Waals surface area (Å²) in [6.45, 7) is 1.69. The number of carbonyl (C=O) groups excluding carboxylic acids is 1. The van der Waals surface area contributed by atoms with E-state index < -0.39 is 6.04 Å². The Hall–Kier alpha value is -2.65. The number of aromatic nitrogens is 2. The number of benzene rings is 1. The van der Waals surface area contributed by atoms with Crippen LogP contribution in [-0.4, -0.2) is 22.1 Å². The van der Waals surface area contributed by atoms with Gasteiger partial charge in [-0.25, -0.2) is 0 Å². The second-order valence-electron chi connectivity index (χ2n) is 4.18. The third-order valence-electron chi connectivity index (χ3n) is 2.62. The van der Waals surface area contributed by atoms with Crippen LogP contribution in [0.15, 0.2) is 28.7 Å². The number of nitrogens with zero attached hydrogens (tertiary/aromatic N) is 2. The van der Waals surface area contributed by atoms with Crippen molar-refractivity contribution in [1.29, 1.82) is 0 Å². The summed E-state index contributed by atoms with van der Waals surface area (Å²) >= 11 is 0. The SMILES string of the molecule is C#CCC(N)C(=O)Nc1ccccc1-c1nnc(C)o1. The largest absolute Gasteiger partial charge is 0.421 e. The van der Waals surface area contributed by atoms with Crippen molar-refractivity contribution in [2.45, 2.75) is 19.4 Å². The highest BCUT2D eigenvalue weighted by Crippen LogP contribution is 2.26. The highest BCUT2D eigenvalue weighted by molar-refractivity contribution is 5.97. The van der Waals surface area contributed by atoms with Crippen molar-refractivity contribution in [2.24, 2.45) is 5.73 Å². The van der Waals surface area contributed by atoms with Crippen molar-refractivity contribution < 1.29 is 9.21 Å². The first-order valence-corrected chi connectivity index (χ1v) is 6.01. The number of nitrogens with one attached hydrogen (secondary N) is 1. The average molecular weight is 270 g/mol. The van der Waals surface area contributed by atoms with E-state index in [2.05, 4.69) is 21.4 Å². The number of hydrogen-bond acceptors (Lipinski definition) is 5. The van der Waals surface area contributed by atoms with Gasteiger partial charge in [0.15, 0.2) is 0 Å². The molecule has 0 spiro atoms. The molecular formula is C14H14N4O2. The minimum Gasteiger partial charge on any atom is -0.421 e. The van der Waals surface area contributed by atoms with E-state index >= 15 is 0 Å². The quantitative estimate of drug-likeness (QED) is 0.817. The third kappa shape index (κ3) is 3.02. The first-order chi connectivity index (χ1) is 9.61. The number of anilines is 1. The molecule has 0 fully saturated rings. The lowest BCUT2D eigenvalue weighted by molar-refractivity contribution is -0.117. The zero-order valence-electron chi connectivity index (χ0n) is 11.0. The van der Waals surface area contributed by atoms with Gasteiger partial charge < -0.3 is 15.5 Å². The lowest BCUT2D eigenvalue weighted by atomic mass is 10.1. The number of terminal acetylenes is 1. The number of nitrogens with two attached hydrogens (primary N) is 1. The fourth-order valence-electron chi connectivity index (χ4n) is 1.63. The Kier molecular flexibility index (Phi) is 4.13. The summed E-state index contributed by atoms with van der Waals surface area (Å²) in [7, 11) is 0. The van der Waals surface area contributed by atoms with E-state index in [-0.39, 0.29) is 12.3 Å². The van der Waals surface area contributed by atoms with E-state index in [0.29, 0.717) is 23.0 Å². The van der Waals surface area contributed by atoms with Crippen LogP contribution in [0.3, 0.4) is 0 Å². The van der Waals surface area contributed by atoms with Crippen LogP contribution >= 0.6 is 0 Å². The van der Waals surface area contributed by atoms with Crippen LogP contribution in [0, 0.1) is 19.3 Å². The van der Waals surface area contributed by atoms with Gasteiger partial charge in [-0.15, -0.1) is 22.5 Å². The molecule has 2 rings (SSSR count). The second-order valence-corrected chi connectivity index (χ2v) is 4.18. The predicted molar refractivity (Wildman–Crippen MR) is 74.5 cm³/mol. The Morgan fingerprint density at radius 1 is 1.50 bits per heavy atom. The smallest absolute Gasteiger partial charge is 0.249 e. The molecule has 1 aromatic carbocycles. The van der Waals surface area contributed by atoms with Gasteiger partial charge >= 0.3 is 0 Å². The summed E-state index contributed by atoms with van der Waals surface area (Å²) in [4.78, 5) is 11.9. The molecule has 2 aromatic rings. The number of amides is 1. The molecule has 0 bridgehead atoms. The van der Waals surface area contributed by atoms with E-state index in [1.54, 1.807) is 25.1 Å². The standard InChI is InChI=1S/C14H14N4O2/c1-3-6-11(15)13(19)16-12-8-5-4-7-10(12)14-18-17-9(2)20-14/h1,4-5,7-8,11H,6,15H2,2H3,(H,16,19). The van der Waals surface area contributed by atoms with Gasteiger partial charge in [0.2, 0.25) is 17.7 Å². The highest BCUT2D eigenvalue weighted by Gasteiger charge is 2.16. The highest BCUT2D eigenvalue weighted by atomic mass is 16.4. The van der Waals surface area contributed by atoms with E-state index in [9.17, 15) is 4.79 Å². The molecule has 0 saturated carbocycles. The number of rotatable bonds is 4. The minimum absolute atomic E-state index is 0.174. The topological polar surface area (TPSA) is 94.0 Å². The van der Waals surface area contributed by atoms with E-state index in [1.165, 1.54) is 0 Å². The van der Waals surface area contributed by atoms with Crippen LogP contribution in [0.1, 0.15) is 12.3 Å². The minimum atomic E-state index is -0.752. The van der Waals surface area contributed by atoms with Crippen molar-refractivity contribution in [3.63, 3.8) is 0 Å². The van der Waals surface area contributed by atoms with Gasteiger partial charge in [-0.2, -0.15) is 0 Å². The molecule has 0 aliphatic carbocycles. The van der Waals surface area contributed by atoms with Crippen LogP contribution in [0.4, 0.5) is 5.69 Å². The molecule has 102 valence electrons. The summed E-state index contributed by atoms with van der Waals surface area (Å²) in [5.74, 6) is 2.79. The second kappa shape index (κ2) is 5.99. The number of hydrogen-bond donors (Lipinski definition) is 2. The van der Waals surface area contributed by atoms with Crippen LogP contribution < -0.4 is 11.1 Å². The Morgan fingerprint density at radius 3 is 2.90 bits per heavy atom. The monoisotopic (exact) mass is 270 g/mol. The number of para-hydroxylation sites is 1. The molecule has 6 nitrogen and oxygen atoms in total. The van der Waals surface area contributed by atoms with Crippen molar-refractivity contribution in [3.8, 4) is 23.8 Å². The van der Waals surface area contributed by atoms with Gasteiger partial charge in [0.05, 0.1) is 17.3 Å². The summed E-state index contributed by atoms with van der Waals surface area (Å²) < 4.78 is 5.36. The van der Waals surface area contributed by atoms with Gasteiger partial charge in [0.25, 0.3) is 0 Å². The molecule has 1 aromatic heterocycles. The van der Waals surface area contributed by atoms with E-state index in [4.69, 9.17) is 16.6 Å². The molecular weight excluding hydrogens is 256 g/mol. The van der Waals surface area contributed by atoms with Crippen molar-refractivity contribution in [1.82, 2.24) is 10.2 Å². The lowest BCUT2D eigenvalue weighted by Gasteiger charge is -2.11. The first-order valence-electron chi connectivity index (χ1n) is 6.01. The zero-order chi connectivity index (χ0) is 14.5. The zero-order valence-corrected chi connectivity index (χ0v) is 11.0. The predicted octanol–water partition coefficient (Wildman–Crippen LogP) is 1.33. The van der Waals surface area contributed by atoms with Crippen LogP contribution in [0.2, 0.25) is 0 Å². The van der Waals surface area contributed by atoms with E-state index in [1.807, 2.05) is 6.07 Å². The van der Waals surface area contributed by atoms with Crippen molar-refractivity contribution in [3.05, 3.63) is 30.2 Å². The molecule has 6 heteroatoms. The molecule has 1 heterocycles. The molecule has 20 heavy (non-hydrogen) atoms. The summed E-state index contributed by atoms with van der Waals surface area (Å²) in [6, 6.07) is 6.35. The maximum atomic E-state index is 11.9. The Labute approximate surface area is 116 Å². The van der Waals surface area contributed by atoms with Crippen LogP contribution in [0.5, 0.6) is 0 Å². The number of aryl methyl sites for hydroxylation is 1. The molecule has 1 unspecified atom stereocenters. The normalized spacial score (nSPS) is 11.7. The summed E-state index contributed by atoms with van der Waals surface area (Å²) in [5.41, 5.74) is 6.85. The molecule has 0 radical (unpaired) electrons. The van der Waals surface area contributed by atoms with Gasteiger partial charge in [-0.1, -0.05) is 12.1 Å². The van der Waals surface area contributed by atoms with E-state index in [0.717, 1.165) is 0 Å².